The van der Waals surface area contributed by atoms with Crippen LogP contribution in [-0.2, 0) is 11.3 Å². The number of benzene rings is 2. The molecule has 1 saturated heterocycles. The minimum atomic E-state index is -2.02. The highest BCUT2D eigenvalue weighted by Crippen LogP contribution is 2.38. The Labute approximate surface area is 162 Å². The molecule has 4 nitrogen and oxygen atoms in total. The topological polar surface area (TPSA) is 49.8 Å². The third-order valence-electron chi connectivity index (χ3n) is 5.35. The highest BCUT2D eigenvalue weighted by Gasteiger charge is 2.57. The van der Waals surface area contributed by atoms with E-state index in [9.17, 15) is 9.90 Å². The first-order valence-corrected chi connectivity index (χ1v) is 13.2. The summed E-state index contributed by atoms with van der Waals surface area (Å²) in [6.45, 7) is 7.73. The molecule has 0 saturated carbocycles. The Morgan fingerprint density at radius 2 is 1.70 bits per heavy atom. The van der Waals surface area contributed by atoms with Gasteiger partial charge < -0.3 is 9.84 Å². The summed E-state index contributed by atoms with van der Waals surface area (Å²) in [4.78, 5) is 15.6. The number of hydrogen-bond acceptors (Lipinski definition) is 4. The smallest absolute Gasteiger partial charge is 0.334 e. The second-order valence-electron chi connectivity index (χ2n) is 8.41. The van der Waals surface area contributed by atoms with Crippen molar-refractivity contribution in [1.29, 1.82) is 0 Å². The molecule has 0 bridgehead atoms. The van der Waals surface area contributed by atoms with Crippen molar-refractivity contribution in [3.8, 4) is 5.75 Å². The van der Waals surface area contributed by atoms with Crippen molar-refractivity contribution in [2.45, 2.75) is 50.3 Å². The number of hydrogen-bond donors (Lipinski definition) is 1. The third-order valence-corrected chi connectivity index (χ3v) is 7.46. The molecule has 2 aromatic carbocycles. The van der Waals surface area contributed by atoms with Crippen molar-refractivity contribution in [3.63, 3.8) is 0 Å². The number of aliphatic hydroxyl groups excluding tert-OH is 1. The van der Waals surface area contributed by atoms with Gasteiger partial charge in [0.25, 0.3) is 0 Å². The van der Waals surface area contributed by atoms with E-state index >= 15 is 0 Å². The molecule has 1 aliphatic heterocycles. The molecule has 144 valence electrons. The lowest BCUT2D eigenvalue weighted by atomic mass is 9.96. The number of likely N-dealkylation sites (tertiary alicyclic amines) is 1. The highest BCUT2D eigenvalue weighted by molar-refractivity contribution is 6.77. The van der Waals surface area contributed by atoms with Gasteiger partial charge in [-0.3, -0.25) is 4.90 Å². The maximum absolute atomic E-state index is 13.4. The van der Waals surface area contributed by atoms with E-state index < -0.39 is 19.3 Å². The van der Waals surface area contributed by atoms with Gasteiger partial charge in [-0.1, -0.05) is 68.2 Å². The van der Waals surface area contributed by atoms with E-state index in [1.54, 1.807) is 12.1 Å². The quantitative estimate of drug-likeness (QED) is 0.467. The minimum absolute atomic E-state index is 0.336. The van der Waals surface area contributed by atoms with Crippen molar-refractivity contribution in [2.24, 2.45) is 0 Å². The Hall–Kier alpha value is -1.95. The molecule has 1 N–H and O–H groups in total. The molecule has 2 aromatic rings. The fourth-order valence-corrected chi connectivity index (χ4v) is 5.85. The zero-order valence-corrected chi connectivity index (χ0v) is 17.4. The molecule has 1 heterocycles. The Morgan fingerprint density at radius 3 is 2.30 bits per heavy atom. The van der Waals surface area contributed by atoms with Crippen LogP contribution in [0.3, 0.4) is 0 Å². The number of carbonyl (C=O) groups is 1. The average molecular weight is 384 g/mol. The molecule has 27 heavy (non-hydrogen) atoms. The van der Waals surface area contributed by atoms with E-state index in [1.165, 1.54) is 0 Å². The molecule has 0 spiro atoms. The summed E-state index contributed by atoms with van der Waals surface area (Å²) in [5.74, 6) is 0.188. The largest absolute Gasteiger partial charge is 0.425 e. The lowest BCUT2D eigenvalue weighted by molar-refractivity contribution is -0.152. The van der Waals surface area contributed by atoms with Crippen LogP contribution in [-0.4, -0.2) is 41.9 Å². The van der Waals surface area contributed by atoms with E-state index in [4.69, 9.17) is 4.74 Å². The summed E-state index contributed by atoms with van der Waals surface area (Å²) in [5.41, 5.74) is -0.553. The highest BCUT2D eigenvalue weighted by atomic mass is 28.3. The molecule has 5 heteroatoms. The van der Waals surface area contributed by atoms with Crippen LogP contribution < -0.4 is 4.74 Å². The van der Waals surface area contributed by atoms with Crippen LogP contribution in [0.2, 0.25) is 19.6 Å². The second-order valence-corrected chi connectivity index (χ2v) is 13.7. The van der Waals surface area contributed by atoms with Gasteiger partial charge in [0.05, 0.1) is 13.8 Å². The van der Waals surface area contributed by atoms with Crippen LogP contribution in [0.4, 0.5) is 0 Å². The molecule has 1 aliphatic rings. The molecular formula is C22H29NO3Si. The lowest BCUT2D eigenvalue weighted by Crippen LogP contribution is -2.66. The van der Waals surface area contributed by atoms with Gasteiger partial charge in [-0.15, -0.1) is 0 Å². The van der Waals surface area contributed by atoms with Crippen LogP contribution in [0, 0.1) is 0 Å². The Bertz CT molecular complexity index is 760. The van der Waals surface area contributed by atoms with E-state index in [1.807, 2.05) is 36.4 Å². The number of para-hydroxylation sites is 1. The van der Waals surface area contributed by atoms with Crippen molar-refractivity contribution in [3.05, 3.63) is 66.2 Å². The van der Waals surface area contributed by atoms with Crippen LogP contribution in [0.25, 0.3) is 0 Å². The monoisotopic (exact) mass is 383 g/mol. The first-order chi connectivity index (χ1) is 12.8. The van der Waals surface area contributed by atoms with Gasteiger partial charge in [-0.05, 0) is 37.1 Å². The normalized spacial score (nSPS) is 21.8. The summed E-state index contributed by atoms with van der Waals surface area (Å²) in [5, 5.41) is 11.4. The standard InChI is InChI=1S/C22H29NO3Si/c1-27(2,3)21(25)22(20(24)26-19-13-8-5-9-14-19)15-10-16-23(22)17-18-11-6-4-7-12-18/h4-9,11-14,21,25H,10,15-17H2,1-3H3. The molecule has 2 unspecified atom stereocenters. The van der Waals surface area contributed by atoms with Gasteiger partial charge >= 0.3 is 5.97 Å². The fraction of sp³-hybridized carbons (Fsp3) is 0.409. The Kier molecular flexibility index (Phi) is 5.84. The second kappa shape index (κ2) is 7.96. The van der Waals surface area contributed by atoms with Crippen molar-refractivity contribution < 1.29 is 14.6 Å². The van der Waals surface area contributed by atoms with Crippen LogP contribution in [0.1, 0.15) is 18.4 Å². The van der Waals surface area contributed by atoms with E-state index in [2.05, 4.69) is 36.7 Å². The lowest BCUT2D eigenvalue weighted by Gasteiger charge is -2.44. The zero-order chi connectivity index (χ0) is 19.5. The van der Waals surface area contributed by atoms with Gasteiger partial charge in [-0.2, -0.15) is 0 Å². The maximum Gasteiger partial charge on any atom is 0.334 e. The number of nitrogens with zero attached hydrogens (tertiary/aromatic N) is 1. The number of esters is 1. The van der Waals surface area contributed by atoms with Crippen molar-refractivity contribution in [2.75, 3.05) is 6.54 Å². The van der Waals surface area contributed by atoms with Crippen LogP contribution in [0.5, 0.6) is 5.75 Å². The molecule has 0 aliphatic carbocycles. The molecule has 2 atom stereocenters. The summed E-state index contributed by atoms with van der Waals surface area (Å²) in [6, 6.07) is 19.3. The summed E-state index contributed by atoms with van der Waals surface area (Å²) >= 11 is 0. The predicted octanol–water partition coefficient (Wildman–Crippen LogP) is 3.87. The molecule has 3 rings (SSSR count). The van der Waals surface area contributed by atoms with Gasteiger partial charge in [0.15, 0.2) is 0 Å². The van der Waals surface area contributed by atoms with Crippen LogP contribution >= 0.6 is 0 Å². The van der Waals surface area contributed by atoms with E-state index in [0.29, 0.717) is 18.7 Å². The Balaban J connectivity index is 1.95. The van der Waals surface area contributed by atoms with Crippen molar-refractivity contribution >= 4 is 14.0 Å². The molecule has 1 fully saturated rings. The van der Waals surface area contributed by atoms with E-state index in [0.717, 1.165) is 18.5 Å². The first-order valence-electron chi connectivity index (χ1n) is 9.58. The number of carbonyl (C=O) groups excluding carboxylic acids is 1. The predicted molar refractivity (Wildman–Crippen MR) is 110 cm³/mol. The van der Waals surface area contributed by atoms with Crippen LogP contribution in [0.15, 0.2) is 60.7 Å². The van der Waals surface area contributed by atoms with Gasteiger partial charge in [0.1, 0.15) is 11.3 Å². The van der Waals surface area contributed by atoms with Gasteiger partial charge in [-0.25, -0.2) is 4.79 Å². The SMILES string of the molecule is C[Si](C)(C)C(O)C1(C(=O)Oc2ccccc2)CCCN1Cc1ccccc1. The van der Waals surface area contributed by atoms with E-state index in [-0.39, 0.29) is 5.97 Å². The number of ether oxygens (including phenoxy) is 1. The fourth-order valence-electron chi connectivity index (χ4n) is 3.97. The summed E-state index contributed by atoms with van der Waals surface area (Å²) < 4.78 is 5.77. The first kappa shape index (κ1) is 19.8. The molecule has 0 amide bonds. The minimum Gasteiger partial charge on any atom is -0.425 e. The average Bonchev–Trinajstić information content (AvgIpc) is 3.06. The molecule has 0 radical (unpaired) electrons. The Morgan fingerprint density at radius 1 is 1.11 bits per heavy atom. The number of rotatable bonds is 6. The van der Waals surface area contributed by atoms with Crippen molar-refractivity contribution in [1.82, 2.24) is 4.90 Å². The zero-order valence-electron chi connectivity index (χ0n) is 16.4. The third kappa shape index (κ3) is 4.15. The summed E-state index contributed by atoms with van der Waals surface area (Å²) in [7, 11) is -2.02. The molecule has 0 aromatic heterocycles. The summed E-state index contributed by atoms with van der Waals surface area (Å²) in [6.07, 6.45) is 1.50. The molecular weight excluding hydrogens is 354 g/mol. The van der Waals surface area contributed by atoms with Gasteiger partial charge in [0.2, 0.25) is 0 Å². The number of aliphatic hydroxyl groups is 1. The van der Waals surface area contributed by atoms with Gasteiger partial charge in [0, 0.05) is 6.54 Å². The maximum atomic E-state index is 13.4.